The Balaban J connectivity index is 1.12. The van der Waals surface area contributed by atoms with E-state index in [0.29, 0.717) is 11.3 Å². The number of aryl methyl sites for hydroxylation is 1. The predicted molar refractivity (Wildman–Crippen MR) is 147 cm³/mol. The first-order chi connectivity index (χ1) is 17.4. The summed E-state index contributed by atoms with van der Waals surface area (Å²) in [5.41, 5.74) is 5.97. The Morgan fingerprint density at radius 2 is 1.61 bits per heavy atom. The zero-order valence-electron chi connectivity index (χ0n) is 22.2. The fourth-order valence-corrected chi connectivity index (χ4v) is 9.32. The first-order valence-corrected chi connectivity index (χ1v) is 14.6. The van der Waals surface area contributed by atoms with Crippen molar-refractivity contribution in [2.24, 2.45) is 34.5 Å². The van der Waals surface area contributed by atoms with Crippen LogP contribution in [0.1, 0.15) is 77.2 Å². The third kappa shape index (κ3) is 4.09. The average Bonchev–Trinajstić information content (AvgIpc) is 3.26. The van der Waals surface area contributed by atoms with Gasteiger partial charge in [0.25, 0.3) is 0 Å². The van der Waals surface area contributed by atoms with Gasteiger partial charge in [-0.1, -0.05) is 80.1 Å². The second-order valence-electron chi connectivity index (χ2n) is 13.1. The largest absolute Gasteiger partial charge is 0.393 e. The molecule has 36 heavy (non-hydrogen) atoms. The highest BCUT2D eigenvalue weighted by Crippen LogP contribution is 2.66. The van der Waals surface area contributed by atoms with E-state index >= 15 is 0 Å². The molecule has 3 fully saturated rings. The summed E-state index contributed by atoms with van der Waals surface area (Å²) in [6.07, 6.45) is 13.2. The Morgan fingerprint density at radius 3 is 2.39 bits per heavy atom. The highest BCUT2D eigenvalue weighted by Gasteiger charge is 2.59. The van der Waals surface area contributed by atoms with Crippen molar-refractivity contribution in [2.45, 2.75) is 90.3 Å². The van der Waals surface area contributed by atoms with E-state index in [1.54, 1.807) is 5.57 Å². The van der Waals surface area contributed by atoms with Crippen molar-refractivity contribution in [1.82, 2.24) is 0 Å². The maximum atomic E-state index is 11.5. The molecular weight excluding hydrogens is 440 g/mol. The lowest BCUT2D eigenvalue weighted by molar-refractivity contribution is -0.0713. The number of aliphatic hydroxyl groups excluding tert-OH is 2. The summed E-state index contributed by atoms with van der Waals surface area (Å²) in [5, 5.41) is 21.7. The molecule has 0 spiro atoms. The van der Waals surface area contributed by atoms with E-state index < -0.39 is 0 Å². The smallest absolute Gasteiger partial charge is 0.0577 e. The highest BCUT2D eigenvalue weighted by molar-refractivity contribution is 5.63. The first-order valence-electron chi connectivity index (χ1n) is 14.6. The lowest BCUT2D eigenvalue weighted by Gasteiger charge is -2.58. The number of allylic oxidation sites excluding steroid dienone is 1. The Kier molecular flexibility index (Phi) is 6.41. The quantitative estimate of drug-likeness (QED) is 0.429. The predicted octanol–water partition coefficient (Wildman–Crippen LogP) is 7.59. The van der Waals surface area contributed by atoms with E-state index in [1.165, 1.54) is 48.8 Å². The van der Waals surface area contributed by atoms with E-state index in [9.17, 15) is 10.2 Å². The van der Waals surface area contributed by atoms with Gasteiger partial charge in [0, 0.05) is 0 Å². The van der Waals surface area contributed by atoms with Crippen LogP contribution in [0.25, 0.3) is 11.1 Å². The van der Waals surface area contributed by atoms with Gasteiger partial charge in [-0.25, -0.2) is 0 Å². The molecule has 0 heterocycles. The van der Waals surface area contributed by atoms with Gasteiger partial charge in [0.1, 0.15) is 0 Å². The van der Waals surface area contributed by atoms with Crippen LogP contribution in [-0.2, 0) is 6.42 Å². The molecule has 0 radical (unpaired) electrons. The topological polar surface area (TPSA) is 40.5 Å². The van der Waals surface area contributed by atoms with E-state index in [0.717, 1.165) is 49.9 Å². The summed E-state index contributed by atoms with van der Waals surface area (Å²) in [6.45, 7) is 5.03. The zero-order valence-corrected chi connectivity index (χ0v) is 22.2. The van der Waals surface area contributed by atoms with Crippen LogP contribution < -0.4 is 0 Å². The fourth-order valence-electron chi connectivity index (χ4n) is 9.32. The molecule has 4 aliphatic rings. The molecule has 2 heteroatoms. The number of aliphatic hydroxyl groups is 2. The summed E-state index contributed by atoms with van der Waals surface area (Å²) in [4.78, 5) is 0. The monoisotopic (exact) mass is 484 g/mol. The van der Waals surface area contributed by atoms with Crippen molar-refractivity contribution in [1.29, 1.82) is 0 Å². The Labute approximate surface area is 217 Å². The van der Waals surface area contributed by atoms with Gasteiger partial charge in [0.15, 0.2) is 0 Å². The van der Waals surface area contributed by atoms with Gasteiger partial charge in [-0.05, 0) is 115 Å². The van der Waals surface area contributed by atoms with Gasteiger partial charge >= 0.3 is 0 Å². The minimum Gasteiger partial charge on any atom is -0.393 e. The molecule has 2 aromatic rings. The summed E-state index contributed by atoms with van der Waals surface area (Å²) < 4.78 is 0. The van der Waals surface area contributed by atoms with E-state index in [1.807, 2.05) is 0 Å². The van der Waals surface area contributed by atoms with Crippen molar-refractivity contribution >= 4 is 0 Å². The van der Waals surface area contributed by atoms with Crippen LogP contribution in [-0.4, -0.2) is 22.4 Å². The molecule has 0 bridgehead atoms. The van der Waals surface area contributed by atoms with Crippen molar-refractivity contribution in [2.75, 3.05) is 0 Å². The molecule has 192 valence electrons. The lowest BCUT2D eigenvalue weighted by atomic mass is 9.47. The highest BCUT2D eigenvalue weighted by atomic mass is 16.3. The number of hydrogen-bond donors (Lipinski definition) is 2. The Morgan fingerprint density at radius 1 is 0.861 bits per heavy atom. The van der Waals surface area contributed by atoms with Crippen LogP contribution in [0, 0.1) is 34.5 Å². The summed E-state index contributed by atoms with van der Waals surface area (Å²) in [7, 11) is 0. The van der Waals surface area contributed by atoms with Crippen LogP contribution in [0.2, 0.25) is 0 Å². The van der Waals surface area contributed by atoms with E-state index in [4.69, 9.17) is 0 Å². The zero-order chi connectivity index (χ0) is 24.9. The lowest BCUT2D eigenvalue weighted by Crippen LogP contribution is -2.51. The number of hydrogen-bond acceptors (Lipinski definition) is 2. The van der Waals surface area contributed by atoms with Gasteiger partial charge in [-0.2, -0.15) is 0 Å². The third-order valence-electron chi connectivity index (χ3n) is 11.4. The molecular formula is C34H44O2. The van der Waals surface area contributed by atoms with Gasteiger partial charge in [0.2, 0.25) is 0 Å². The number of benzene rings is 2. The van der Waals surface area contributed by atoms with Crippen LogP contribution >= 0.6 is 0 Å². The van der Waals surface area contributed by atoms with Crippen molar-refractivity contribution in [3.8, 4) is 11.1 Å². The van der Waals surface area contributed by atoms with Crippen molar-refractivity contribution < 1.29 is 10.2 Å². The second kappa shape index (κ2) is 9.44. The van der Waals surface area contributed by atoms with Crippen LogP contribution in [0.15, 0.2) is 66.2 Å². The average molecular weight is 485 g/mol. The van der Waals surface area contributed by atoms with Gasteiger partial charge in [-0.3, -0.25) is 0 Å². The molecule has 0 aromatic heterocycles. The Bertz CT molecular complexity index is 1090. The van der Waals surface area contributed by atoms with Crippen LogP contribution in [0.3, 0.4) is 0 Å². The maximum Gasteiger partial charge on any atom is 0.0577 e. The molecule has 2 nitrogen and oxygen atoms in total. The summed E-state index contributed by atoms with van der Waals surface area (Å²) in [6, 6.07) is 19.5. The van der Waals surface area contributed by atoms with Crippen molar-refractivity contribution in [3.05, 3.63) is 71.8 Å². The Hall–Kier alpha value is -1.90. The van der Waals surface area contributed by atoms with Gasteiger partial charge in [0.05, 0.1) is 12.2 Å². The first kappa shape index (κ1) is 24.4. The standard InChI is InChI=1S/C34H44O2/c1-33-20-18-27(35)22-26(33)13-14-28-29-15-16-31(34(29,2)21-19-30(28)33)32(36)17-10-23-8-11-25(12-9-23)24-6-4-3-5-7-24/h3-9,11-13,27-32,35-36H,10,14-22H2,1-2H3/t27-,28-,29-,30-,31+,32?,33-,34-/m0/s1. The van der Waals surface area contributed by atoms with E-state index in [2.05, 4.69) is 74.5 Å². The van der Waals surface area contributed by atoms with E-state index in [-0.39, 0.29) is 17.6 Å². The minimum absolute atomic E-state index is 0.129. The molecule has 4 aliphatic carbocycles. The third-order valence-corrected chi connectivity index (χ3v) is 11.4. The molecule has 3 saturated carbocycles. The molecule has 0 saturated heterocycles. The molecule has 8 atom stereocenters. The van der Waals surface area contributed by atoms with Crippen LogP contribution in [0.4, 0.5) is 0 Å². The second-order valence-corrected chi connectivity index (χ2v) is 13.1. The molecule has 0 aliphatic heterocycles. The minimum atomic E-state index is -0.208. The van der Waals surface area contributed by atoms with Crippen molar-refractivity contribution in [3.63, 3.8) is 0 Å². The SMILES string of the molecule is C[C@]12CC[C@H]3[C@@H](CC=C4C[C@@H](O)CC[C@@]43C)[C@@H]1CC[C@@H]2C(O)CCc1ccc(-c2ccccc2)cc1. The fraction of sp³-hybridized carbons (Fsp3) is 0.588. The molecule has 2 aromatic carbocycles. The van der Waals surface area contributed by atoms with Gasteiger partial charge in [-0.15, -0.1) is 0 Å². The molecule has 0 amide bonds. The molecule has 2 N–H and O–H groups in total. The molecule has 1 unspecified atom stereocenters. The number of rotatable bonds is 5. The normalized spacial score (nSPS) is 38.4. The summed E-state index contributed by atoms with van der Waals surface area (Å²) >= 11 is 0. The number of fused-ring (bicyclic) bond motifs is 5. The maximum absolute atomic E-state index is 11.5. The van der Waals surface area contributed by atoms with Gasteiger partial charge < -0.3 is 10.2 Å². The summed E-state index contributed by atoms with van der Waals surface area (Å²) in [5.74, 6) is 2.69. The van der Waals surface area contributed by atoms with Crippen LogP contribution in [0.5, 0.6) is 0 Å². The molecule has 6 rings (SSSR count).